The average molecular weight is 218 g/mol. The molecule has 1 heterocycles. The van der Waals surface area contributed by atoms with E-state index in [1.165, 1.54) is 10.4 Å². The summed E-state index contributed by atoms with van der Waals surface area (Å²) >= 11 is 0. The number of hydrogen-bond donors (Lipinski definition) is 1. The lowest BCUT2D eigenvalue weighted by atomic mass is 10.0. The smallest absolute Gasteiger partial charge is 0.200 e. The van der Waals surface area contributed by atoms with E-state index in [0.29, 0.717) is 11.7 Å². The fraction of sp³-hybridized carbons (Fsp3) is 0.364. The Kier molecular flexibility index (Phi) is 2.96. The Hall–Kier alpha value is -1.75. The third-order valence-electron chi connectivity index (χ3n) is 2.39. The normalized spacial score (nSPS) is 11.0. The quantitative estimate of drug-likeness (QED) is 0.842. The number of tetrazole rings is 1. The lowest BCUT2D eigenvalue weighted by Gasteiger charge is -2.05. The van der Waals surface area contributed by atoms with E-state index in [1.807, 2.05) is 24.3 Å². The van der Waals surface area contributed by atoms with Gasteiger partial charge in [-0.15, -0.1) is 15.0 Å². The Morgan fingerprint density at radius 2 is 1.94 bits per heavy atom. The lowest BCUT2D eigenvalue weighted by Crippen LogP contribution is -2.00. The zero-order valence-corrected chi connectivity index (χ0v) is 9.33. The van der Waals surface area contributed by atoms with Gasteiger partial charge in [0, 0.05) is 0 Å². The van der Waals surface area contributed by atoms with Crippen LogP contribution in [0.4, 0.5) is 0 Å². The largest absolute Gasteiger partial charge is 0.388 e. The minimum Gasteiger partial charge on any atom is -0.388 e. The van der Waals surface area contributed by atoms with E-state index in [1.54, 1.807) is 0 Å². The molecule has 0 spiro atoms. The van der Waals surface area contributed by atoms with Gasteiger partial charge in [0.25, 0.3) is 0 Å². The molecular weight excluding hydrogens is 204 g/mol. The summed E-state index contributed by atoms with van der Waals surface area (Å²) in [6, 6.07) is 7.97. The Labute approximate surface area is 93.7 Å². The van der Waals surface area contributed by atoms with Crippen LogP contribution < -0.4 is 0 Å². The Morgan fingerprint density at radius 3 is 2.44 bits per heavy atom. The van der Waals surface area contributed by atoms with Gasteiger partial charge in [-0.1, -0.05) is 26.0 Å². The van der Waals surface area contributed by atoms with Crippen molar-refractivity contribution in [2.24, 2.45) is 0 Å². The minimum atomic E-state index is -0.190. The molecule has 1 aromatic heterocycles. The van der Waals surface area contributed by atoms with Gasteiger partial charge in [0.1, 0.15) is 6.61 Å². The zero-order chi connectivity index (χ0) is 11.5. The van der Waals surface area contributed by atoms with Gasteiger partial charge in [0.2, 0.25) is 5.82 Å². The summed E-state index contributed by atoms with van der Waals surface area (Å²) in [6.45, 7) is 4.10. The van der Waals surface area contributed by atoms with Crippen molar-refractivity contribution in [2.75, 3.05) is 0 Å². The first-order valence-corrected chi connectivity index (χ1v) is 5.21. The molecule has 0 bridgehead atoms. The Balaban J connectivity index is 2.27. The maximum Gasteiger partial charge on any atom is 0.200 e. The fourth-order valence-electron chi connectivity index (χ4n) is 1.41. The van der Waals surface area contributed by atoms with Crippen molar-refractivity contribution in [2.45, 2.75) is 26.4 Å². The maximum absolute atomic E-state index is 8.84. The molecule has 0 fully saturated rings. The van der Waals surface area contributed by atoms with Crippen LogP contribution in [0.3, 0.4) is 0 Å². The predicted molar refractivity (Wildman–Crippen MR) is 59.2 cm³/mol. The van der Waals surface area contributed by atoms with Crippen molar-refractivity contribution in [3.63, 3.8) is 0 Å². The monoisotopic (exact) mass is 218 g/mol. The van der Waals surface area contributed by atoms with Crippen molar-refractivity contribution < 1.29 is 5.11 Å². The van der Waals surface area contributed by atoms with Crippen LogP contribution in [0.25, 0.3) is 5.69 Å². The second-order valence-electron chi connectivity index (χ2n) is 3.90. The van der Waals surface area contributed by atoms with Crippen LogP contribution in [0.2, 0.25) is 0 Å². The molecule has 0 saturated heterocycles. The van der Waals surface area contributed by atoms with Crippen molar-refractivity contribution >= 4 is 0 Å². The Bertz CT molecular complexity index is 461. The predicted octanol–water partition coefficient (Wildman–Crippen LogP) is 1.28. The molecule has 0 unspecified atom stereocenters. The molecule has 1 aromatic carbocycles. The molecule has 0 aliphatic carbocycles. The first-order valence-electron chi connectivity index (χ1n) is 5.21. The average Bonchev–Trinajstić information content (AvgIpc) is 2.77. The van der Waals surface area contributed by atoms with Crippen molar-refractivity contribution in [3.8, 4) is 5.69 Å². The van der Waals surface area contributed by atoms with Crippen molar-refractivity contribution in [1.82, 2.24) is 20.2 Å². The van der Waals surface area contributed by atoms with E-state index < -0.39 is 0 Å². The molecule has 0 aliphatic rings. The van der Waals surface area contributed by atoms with Gasteiger partial charge in [-0.3, -0.25) is 0 Å². The summed E-state index contributed by atoms with van der Waals surface area (Å²) in [5.41, 5.74) is 2.11. The second kappa shape index (κ2) is 4.40. The van der Waals surface area contributed by atoms with Crippen LogP contribution in [0.5, 0.6) is 0 Å². The lowest BCUT2D eigenvalue weighted by molar-refractivity contribution is 0.271. The molecule has 0 amide bonds. The third kappa shape index (κ3) is 2.09. The van der Waals surface area contributed by atoms with Crippen LogP contribution in [0.15, 0.2) is 24.3 Å². The molecule has 84 valence electrons. The topological polar surface area (TPSA) is 63.8 Å². The number of hydrogen-bond acceptors (Lipinski definition) is 4. The van der Waals surface area contributed by atoms with E-state index in [4.69, 9.17) is 5.11 Å². The first kappa shape index (κ1) is 10.8. The van der Waals surface area contributed by atoms with Gasteiger partial charge < -0.3 is 5.11 Å². The molecule has 5 nitrogen and oxygen atoms in total. The van der Waals surface area contributed by atoms with E-state index in [9.17, 15) is 0 Å². The molecule has 0 aliphatic heterocycles. The first-order chi connectivity index (χ1) is 7.70. The van der Waals surface area contributed by atoms with Crippen molar-refractivity contribution in [1.29, 1.82) is 0 Å². The van der Waals surface area contributed by atoms with Crippen LogP contribution in [0.1, 0.15) is 31.2 Å². The fourth-order valence-corrected chi connectivity index (χ4v) is 1.41. The number of aliphatic hydroxyl groups is 1. The number of aliphatic hydroxyl groups excluding tert-OH is 1. The van der Waals surface area contributed by atoms with E-state index in [-0.39, 0.29) is 6.61 Å². The van der Waals surface area contributed by atoms with E-state index >= 15 is 0 Å². The second-order valence-corrected chi connectivity index (χ2v) is 3.90. The van der Waals surface area contributed by atoms with Gasteiger partial charge in [-0.2, -0.15) is 0 Å². The summed E-state index contributed by atoms with van der Waals surface area (Å²) in [6.07, 6.45) is 0. The summed E-state index contributed by atoms with van der Waals surface area (Å²) in [4.78, 5) is 1.41. The van der Waals surface area contributed by atoms with Crippen LogP contribution in [0, 0.1) is 0 Å². The highest BCUT2D eigenvalue weighted by Gasteiger charge is 2.04. The van der Waals surface area contributed by atoms with E-state index in [2.05, 4.69) is 29.3 Å². The van der Waals surface area contributed by atoms with Gasteiger partial charge in [0.15, 0.2) is 0 Å². The van der Waals surface area contributed by atoms with Crippen molar-refractivity contribution in [3.05, 3.63) is 35.7 Å². The van der Waals surface area contributed by atoms with Gasteiger partial charge in [-0.05, 0) is 28.8 Å². The zero-order valence-electron chi connectivity index (χ0n) is 9.33. The van der Waals surface area contributed by atoms with Gasteiger partial charge in [0.05, 0.1) is 5.69 Å². The van der Waals surface area contributed by atoms with Gasteiger partial charge >= 0.3 is 0 Å². The van der Waals surface area contributed by atoms with Crippen LogP contribution >= 0.6 is 0 Å². The summed E-state index contributed by atoms with van der Waals surface area (Å²) in [7, 11) is 0. The molecule has 0 atom stereocenters. The molecule has 1 N–H and O–H groups in total. The third-order valence-corrected chi connectivity index (χ3v) is 2.39. The molecule has 2 rings (SSSR count). The standard InChI is InChI=1S/C11H14N4O/c1-8(2)9-3-5-10(6-4-9)15-13-11(7-16)12-14-15/h3-6,8,16H,7H2,1-2H3. The van der Waals surface area contributed by atoms with E-state index in [0.717, 1.165) is 5.69 Å². The molecule has 5 heteroatoms. The number of benzene rings is 1. The van der Waals surface area contributed by atoms with Crippen LogP contribution in [-0.4, -0.2) is 25.3 Å². The molecule has 2 aromatic rings. The van der Waals surface area contributed by atoms with Gasteiger partial charge in [-0.25, -0.2) is 0 Å². The number of nitrogens with zero attached hydrogens (tertiary/aromatic N) is 4. The highest BCUT2D eigenvalue weighted by atomic mass is 16.3. The number of rotatable bonds is 3. The maximum atomic E-state index is 8.84. The SMILES string of the molecule is CC(C)c1ccc(-n2nnc(CO)n2)cc1. The summed E-state index contributed by atoms with van der Waals surface area (Å²) in [5.74, 6) is 0.832. The Morgan fingerprint density at radius 1 is 1.25 bits per heavy atom. The molecule has 0 saturated carbocycles. The highest BCUT2D eigenvalue weighted by Crippen LogP contribution is 2.15. The number of aromatic nitrogens is 4. The minimum absolute atomic E-state index is 0.190. The van der Waals surface area contributed by atoms with Crippen LogP contribution in [-0.2, 0) is 6.61 Å². The molecule has 16 heavy (non-hydrogen) atoms. The highest BCUT2D eigenvalue weighted by molar-refractivity contribution is 5.33. The molecule has 0 radical (unpaired) electrons. The summed E-state index contributed by atoms with van der Waals surface area (Å²) in [5, 5.41) is 20.4. The summed E-state index contributed by atoms with van der Waals surface area (Å²) < 4.78 is 0. The molecular formula is C11H14N4O.